The molecule has 4 aliphatic rings. The fraction of sp³-hybridized carbons (Fsp3) is 0.588. The van der Waals surface area contributed by atoms with Crippen molar-refractivity contribution in [3.05, 3.63) is 119 Å². The van der Waals surface area contributed by atoms with E-state index in [1.165, 1.54) is 83.8 Å². The zero-order chi connectivity index (χ0) is 62.4. The standard InChI is InChI=1S/C68H90N2O16/c1-8-9-10-11-12-13-14-15-16-17-18-19-20-30-37-49(62(77)78)69-53(73)38-39-54(74)84-57(56(46-31-24-21-25-32-46)70-61(76)47-33-26-22-27-34-47)64(80)83-50-41-68(81)60(85-63(79)48-35-28-23-29-36-48)58-66(7,59(75)44(3)55(43(50)2)65(68,5)6)51(72)40-52-67(58,42-82-52)86-45(4)71/h21-29,31-36,44,49-52,56-58,60,72,81H,8-20,30,37-42H2,1-7H3,(H,69,73)(H,70,76)(H,77,78)/t44-,49?,50+,51+,52-,56+,57-,58?,60+,66-,67+,68-/m1/s1. The molecule has 18 heteroatoms. The number of amides is 2. The molecule has 2 unspecified atom stereocenters. The number of fused-ring (bicyclic) bond motifs is 5. The Hall–Kier alpha value is -6.76. The summed E-state index contributed by atoms with van der Waals surface area (Å²) in [5.74, 6) is -9.68. The Morgan fingerprint density at radius 2 is 1.28 bits per heavy atom. The van der Waals surface area contributed by atoms with Crippen LogP contribution in [0.25, 0.3) is 0 Å². The lowest BCUT2D eigenvalue weighted by Gasteiger charge is -2.67. The van der Waals surface area contributed by atoms with Crippen molar-refractivity contribution < 1.29 is 77.4 Å². The highest BCUT2D eigenvalue weighted by atomic mass is 16.6. The van der Waals surface area contributed by atoms with Crippen LogP contribution in [-0.4, -0.2) is 117 Å². The third-order valence-electron chi connectivity index (χ3n) is 18.8. The number of aliphatic hydroxyl groups is 2. The van der Waals surface area contributed by atoms with Gasteiger partial charge in [-0.1, -0.05) is 184 Å². The van der Waals surface area contributed by atoms with Gasteiger partial charge in [0.25, 0.3) is 5.91 Å². The number of ether oxygens (including phenoxy) is 5. The molecule has 0 aromatic heterocycles. The number of aliphatic hydroxyl groups excluding tert-OH is 1. The molecule has 1 saturated heterocycles. The molecule has 2 amide bonds. The Bertz CT molecular complexity index is 2880. The second-order valence-electron chi connectivity index (χ2n) is 24.9. The maximum Gasteiger partial charge on any atom is 0.350 e. The van der Waals surface area contributed by atoms with Gasteiger partial charge in [-0.15, -0.1) is 0 Å². The highest BCUT2D eigenvalue weighted by Crippen LogP contribution is 2.65. The molecule has 1 aliphatic heterocycles. The molecule has 0 radical (unpaired) electrons. The molecule has 5 N–H and O–H groups in total. The number of aliphatic carboxylic acids is 1. The van der Waals surface area contributed by atoms with E-state index >= 15 is 9.59 Å². The zero-order valence-corrected chi connectivity index (χ0v) is 51.1. The molecule has 468 valence electrons. The predicted octanol–water partition coefficient (Wildman–Crippen LogP) is 10.2. The molecule has 3 aromatic carbocycles. The zero-order valence-electron chi connectivity index (χ0n) is 51.1. The Morgan fingerprint density at radius 1 is 0.733 bits per heavy atom. The SMILES string of the molecule is CCCCCCCCCCCCCCCCC(NC(=O)CCC(=O)O[C@@H](C(=O)O[C@H]1C[C@@]2(O)[C@@H](OC(=O)c3ccccc3)C3[C@](C)(C(=O)[C@H](C)C(=C1C)C2(C)C)[C@@H](O)C[C@H]1OC[C@@]31OC(C)=O)[C@@H](NC(=O)c1ccccc1)c1ccccc1)C(=O)O. The maximum atomic E-state index is 15.6. The number of esters is 4. The number of hydrogen-bond acceptors (Lipinski definition) is 15. The average Bonchev–Trinajstić information content (AvgIpc) is 0.703. The first kappa shape index (κ1) is 66.8. The van der Waals surface area contributed by atoms with Gasteiger partial charge >= 0.3 is 29.8 Å². The number of ketones is 1. The summed E-state index contributed by atoms with van der Waals surface area (Å²) in [6.07, 6.45) is 6.56. The van der Waals surface area contributed by atoms with E-state index in [2.05, 4.69) is 17.6 Å². The minimum atomic E-state index is -2.33. The minimum Gasteiger partial charge on any atom is -0.480 e. The summed E-state index contributed by atoms with van der Waals surface area (Å²) >= 11 is 0. The number of rotatable bonds is 30. The van der Waals surface area contributed by atoms with Crippen molar-refractivity contribution in [3.63, 3.8) is 0 Å². The van der Waals surface area contributed by atoms with Gasteiger partial charge in [0, 0.05) is 43.1 Å². The predicted molar refractivity (Wildman–Crippen MR) is 319 cm³/mol. The summed E-state index contributed by atoms with van der Waals surface area (Å²) in [5, 5.41) is 41.7. The second-order valence-corrected chi connectivity index (χ2v) is 24.9. The monoisotopic (exact) mass is 1190 g/mol. The molecule has 2 saturated carbocycles. The highest BCUT2D eigenvalue weighted by molar-refractivity contribution is 5.95. The van der Waals surface area contributed by atoms with E-state index in [1.807, 2.05) is 0 Å². The quantitative estimate of drug-likeness (QED) is 0.0180. The number of Topliss-reactive ketones (excluding diaryl/α,β-unsaturated/α-hetero) is 1. The van der Waals surface area contributed by atoms with Crippen molar-refractivity contribution >= 4 is 47.4 Å². The van der Waals surface area contributed by atoms with Crippen LogP contribution >= 0.6 is 0 Å². The minimum absolute atomic E-state index is 0.0796. The first-order chi connectivity index (χ1) is 41.0. The number of carbonyl (C=O) groups excluding carboxylic acids is 7. The third kappa shape index (κ3) is 15.0. The van der Waals surface area contributed by atoms with Crippen LogP contribution in [0.5, 0.6) is 0 Å². The highest BCUT2D eigenvalue weighted by Gasteiger charge is 2.77. The lowest BCUT2D eigenvalue weighted by Crippen LogP contribution is -2.81. The Kier molecular flexibility index (Phi) is 23.1. The summed E-state index contributed by atoms with van der Waals surface area (Å²) < 4.78 is 31.2. The van der Waals surface area contributed by atoms with Crippen molar-refractivity contribution in [1.82, 2.24) is 10.6 Å². The molecule has 86 heavy (non-hydrogen) atoms. The van der Waals surface area contributed by atoms with Crippen molar-refractivity contribution in [2.75, 3.05) is 6.61 Å². The maximum absolute atomic E-state index is 15.6. The number of carboxylic acids is 1. The Labute approximate surface area is 505 Å². The molecule has 3 aromatic rings. The molecular weight excluding hydrogens is 1100 g/mol. The molecule has 3 fully saturated rings. The van der Waals surface area contributed by atoms with Crippen LogP contribution in [0.15, 0.2) is 102 Å². The fourth-order valence-corrected chi connectivity index (χ4v) is 14.0. The number of carboxylic acid groups (broad SMARTS) is 1. The van der Waals surface area contributed by atoms with E-state index in [1.54, 1.807) is 107 Å². The number of nitrogens with one attached hydrogen (secondary N) is 2. The number of unbranched alkanes of at least 4 members (excludes halogenated alkanes) is 13. The number of carbonyl (C=O) groups is 8. The van der Waals surface area contributed by atoms with Crippen LogP contribution in [0.2, 0.25) is 0 Å². The molecule has 3 aliphatic carbocycles. The van der Waals surface area contributed by atoms with Gasteiger partial charge in [0.2, 0.25) is 12.0 Å². The van der Waals surface area contributed by atoms with Gasteiger partial charge in [0.1, 0.15) is 41.8 Å². The third-order valence-corrected chi connectivity index (χ3v) is 18.8. The fourth-order valence-electron chi connectivity index (χ4n) is 14.0. The summed E-state index contributed by atoms with van der Waals surface area (Å²) in [4.78, 5) is 113. The number of hydrogen-bond donors (Lipinski definition) is 5. The van der Waals surface area contributed by atoms with E-state index < -0.39 is 143 Å². The smallest absolute Gasteiger partial charge is 0.350 e. The molecular formula is C68H90N2O16. The van der Waals surface area contributed by atoms with Gasteiger partial charge in [-0.25, -0.2) is 14.4 Å². The first-order valence-electron chi connectivity index (χ1n) is 31.1. The van der Waals surface area contributed by atoms with Crippen molar-refractivity contribution in [3.8, 4) is 0 Å². The molecule has 0 spiro atoms. The van der Waals surface area contributed by atoms with E-state index in [4.69, 9.17) is 23.7 Å². The van der Waals surface area contributed by atoms with Crippen LogP contribution < -0.4 is 10.6 Å². The van der Waals surface area contributed by atoms with Crippen molar-refractivity contribution in [2.24, 2.45) is 22.7 Å². The number of benzene rings is 3. The van der Waals surface area contributed by atoms with Gasteiger partial charge in [0.15, 0.2) is 5.60 Å². The summed E-state index contributed by atoms with van der Waals surface area (Å²) in [6.45, 7) is 11.3. The molecule has 2 bridgehead atoms. The van der Waals surface area contributed by atoms with Gasteiger partial charge < -0.3 is 49.6 Å². The molecule has 1 heterocycles. The lowest BCUT2D eigenvalue weighted by atomic mass is 9.43. The summed E-state index contributed by atoms with van der Waals surface area (Å²) in [5.41, 5.74) is -6.20. The van der Waals surface area contributed by atoms with E-state index in [9.17, 15) is 44.1 Å². The van der Waals surface area contributed by atoms with Gasteiger partial charge in [0.05, 0.1) is 36.0 Å². The van der Waals surface area contributed by atoms with Crippen LogP contribution in [-0.2, 0) is 52.5 Å². The average molecular weight is 1190 g/mol. The van der Waals surface area contributed by atoms with Crippen LogP contribution in [0.1, 0.15) is 203 Å². The van der Waals surface area contributed by atoms with Gasteiger partial charge in [-0.05, 0) is 61.2 Å². The normalized spacial score (nSPS) is 26.5. The topological polar surface area (TPSA) is 267 Å². The Morgan fingerprint density at radius 3 is 1.81 bits per heavy atom. The molecule has 12 atom stereocenters. The van der Waals surface area contributed by atoms with Gasteiger partial charge in [-0.3, -0.25) is 24.0 Å². The van der Waals surface area contributed by atoms with Crippen molar-refractivity contribution in [2.45, 2.75) is 224 Å². The Balaban J connectivity index is 1.16. The van der Waals surface area contributed by atoms with E-state index in [0.717, 1.165) is 25.7 Å². The van der Waals surface area contributed by atoms with E-state index in [0.29, 0.717) is 23.1 Å². The van der Waals surface area contributed by atoms with Crippen LogP contribution in [0, 0.1) is 22.7 Å². The van der Waals surface area contributed by atoms with Crippen molar-refractivity contribution in [1.29, 1.82) is 0 Å². The first-order valence-corrected chi connectivity index (χ1v) is 31.1. The van der Waals surface area contributed by atoms with E-state index in [-0.39, 0.29) is 30.6 Å². The largest absolute Gasteiger partial charge is 0.480 e. The lowest BCUT2D eigenvalue weighted by molar-refractivity contribution is -0.345. The molecule has 7 rings (SSSR count). The summed E-state index contributed by atoms with van der Waals surface area (Å²) in [6, 6.07) is 21.6. The summed E-state index contributed by atoms with van der Waals surface area (Å²) in [7, 11) is 0. The van der Waals surface area contributed by atoms with Crippen LogP contribution in [0.3, 0.4) is 0 Å². The van der Waals surface area contributed by atoms with Crippen LogP contribution in [0.4, 0.5) is 0 Å². The molecule has 18 nitrogen and oxygen atoms in total. The van der Waals surface area contributed by atoms with Gasteiger partial charge in [-0.2, -0.15) is 0 Å². The second kappa shape index (κ2) is 29.8.